The second-order valence-corrected chi connectivity index (χ2v) is 4.67. The van der Waals surface area contributed by atoms with Gasteiger partial charge in [0.15, 0.2) is 0 Å². The standard InChI is InChI=1S/C8H14INO/c1-2-8(11)10-5-3-7(9)4-6-10/h7H,2-6H2,1H3. The van der Waals surface area contributed by atoms with E-state index in [1.165, 1.54) is 12.8 Å². The Bertz CT molecular complexity index is 141. The van der Waals surface area contributed by atoms with E-state index in [9.17, 15) is 4.79 Å². The number of halogens is 1. The zero-order chi connectivity index (χ0) is 8.27. The predicted octanol–water partition coefficient (Wildman–Crippen LogP) is 1.82. The molecule has 2 nitrogen and oxygen atoms in total. The topological polar surface area (TPSA) is 20.3 Å². The first-order chi connectivity index (χ1) is 5.24. The molecule has 1 rings (SSSR count). The Hall–Kier alpha value is 0.200. The molecule has 0 unspecified atom stereocenters. The summed E-state index contributed by atoms with van der Waals surface area (Å²) in [5.74, 6) is 0.313. The van der Waals surface area contributed by atoms with E-state index in [0.717, 1.165) is 17.0 Å². The monoisotopic (exact) mass is 267 g/mol. The highest BCUT2D eigenvalue weighted by molar-refractivity contribution is 14.1. The SMILES string of the molecule is CCC(=O)N1CCC(I)CC1. The van der Waals surface area contributed by atoms with Gasteiger partial charge in [0.2, 0.25) is 5.91 Å². The number of carbonyl (C=O) groups excluding carboxylic acids is 1. The molecule has 1 fully saturated rings. The molecule has 0 aromatic carbocycles. The van der Waals surface area contributed by atoms with Crippen molar-refractivity contribution in [3.05, 3.63) is 0 Å². The Labute approximate surface area is 81.5 Å². The minimum absolute atomic E-state index is 0.313. The summed E-state index contributed by atoms with van der Waals surface area (Å²) in [5, 5.41) is 0. The van der Waals surface area contributed by atoms with Gasteiger partial charge >= 0.3 is 0 Å². The molecular formula is C8H14INO. The fourth-order valence-electron chi connectivity index (χ4n) is 1.32. The van der Waals surface area contributed by atoms with Gasteiger partial charge in [0, 0.05) is 23.4 Å². The Kier molecular flexibility index (Phi) is 3.62. The summed E-state index contributed by atoms with van der Waals surface area (Å²) in [6.07, 6.45) is 3.00. The van der Waals surface area contributed by atoms with Crippen molar-refractivity contribution in [2.45, 2.75) is 30.1 Å². The van der Waals surface area contributed by atoms with E-state index in [0.29, 0.717) is 12.3 Å². The quantitative estimate of drug-likeness (QED) is 0.524. The van der Waals surface area contributed by atoms with Crippen molar-refractivity contribution in [3.8, 4) is 0 Å². The Balaban J connectivity index is 2.33. The van der Waals surface area contributed by atoms with E-state index < -0.39 is 0 Å². The molecule has 1 amide bonds. The molecule has 1 saturated heterocycles. The first-order valence-corrected chi connectivity index (χ1v) is 5.40. The van der Waals surface area contributed by atoms with E-state index in [2.05, 4.69) is 22.6 Å². The van der Waals surface area contributed by atoms with E-state index in [4.69, 9.17) is 0 Å². The smallest absolute Gasteiger partial charge is 0.222 e. The first-order valence-electron chi connectivity index (χ1n) is 4.16. The Morgan fingerprint density at radius 1 is 1.55 bits per heavy atom. The summed E-state index contributed by atoms with van der Waals surface area (Å²) in [7, 11) is 0. The molecule has 11 heavy (non-hydrogen) atoms. The van der Waals surface area contributed by atoms with Crippen LogP contribution in [0, 0.1) is 0 Å². The zero-order valence-corrected chi connectivity index (χ0v) is 9.00. The fraction of sp³-hybridized carbons (Fsp3) is 0.875. The van der Waals surface area contributed by atoms with E-state index >= 15 is 0 Å². The summed E-state index contributed by atoms with van der Waals surface area (Å²) >= 11 is 2.46. The highest BCUT2D eigenvalue weighted by atomic mass is 127. The lowest BCUT2D eigenvalue weighted by Crippen LogP contribution is -2.38. The van der Waals surface area contributed by atoms with Crippen molar-refractivity contribution in [3.63, 3.8) is 0 Å². The molecule has 0 aromatic rings. The summed E-state index contributed by atoms with van der Waals surface area (Å²) in [5.41, 5.74) is 0. The number of rotatable bonds is 1. The lowest BCUT2D eigenvalue weighted by Gasteiger charge is -2.29. The highest BCUT2D eigenvalue weighted by Gasteiger charge is 2.19. The van der Waals surface area contributed by atoms with Gasteiger partial charge in [-0.25, -0.2) is 0 Å². The molecule has 0 N–H and O–H groups in total. The van der Waals surface area contributed by atoms with Crippen molar-refractivity contribution in [2.24, 2.45) is 0 Å². The number of nitrogens with zero attached hydrogens (tertiary/aromatic N) is 1. The van der Waals surface area contributed by atoms with E-state index in [1.807, 2.05) is 11.8 Å². The molecular weight excluding hydrogens is 253 g/mol. The van der Waals surface area contributed by atoms with Crippen LogP contribution in [-0.4, -0.2) is 27.8 Å². The van der Waals surface area contributed by atoms with Crippen LogP contribution in [0.1, 0.15) is 26.2 Å². The third-order valence-electron chi connectivity index (χ3n) is 2.08. The number of amides is 1. The number of carbonyl (C=O) groups is 1. The average molecular weight is 267 g/mol. The summed E-state index contributed by atoms with van der Waals surface area (Å²) in [6.45, 7) is 3.87. The molecule has 1 aliphatic heterocycles. The van der Waals surface area contributed by atoms with Gasteiger partial charge in [0.25, 0.3) is 0 Å². The number of hydrogen-bond donors (Lipinski definition) is 0. The fourth-order valence-corrected chi connectivity index (χ4v) is 1.88. The van der Waals surface area contributed by atoms with Crippen LogP contribution in [0.25, 0.3) is 0 Å². The summed E-state index contributed by atoms with van der Waals surface area (Å²) < 4.78 is 0.786. The maximum Gasteiger partial charge on any atom is 0.222 e. The molecule has 1 aliphatic rings. The van der Waals surface area contributed by atoms with Gasteiger partial charge in [0.05, 0.1) is 0 Å². The van der Waals surface area contributed by atoms with E-state index in [1.54, 1.807) is 0 Å². The van der Waals surface area contributed by atoms with Gasteiger partial charge < -0.3 is 4.90 Å². The van der Waals surface area contributed by atoms with Crippen molar-refractivity contribution in [2.75, 3.05) is 13.1 Å². The highest BCUT2D eigenvalue weighted by Crippen LogP contribution is 2.18. The van der Waals surface area contributed by atoms with Crippen LogP contribution in [0.15, 0.2) is 0 Å². The second kappa shape index (κ2) is 4.28. The molecule has 0 aliphatic carbocycles. The third kappa shape index (κ3) is 2.61. The molecule has 0 bridgehead atoms. The van der Waals surface area contributed by atoms with Crippen LogP contribution in [0.4, 0.5) is 0 Å². The first kappa shape index (κ1) is 9.29. The number of alkyl halides is 1. The average Bonchev–Trinajstić information content (AvgIpc) is 2.05. The van der Waals surface area contributed by atoms with E-state index in [-0.39, 0.29) is 0 Å². The van der Waals surface area contributed by atoms with Crippen molar-refractivity contribution in [1.29, 1.82) is 0 Å². The van der Waals surface area contributed by atoms with Gasteiger partial charge in [-0.05, 0) is 12.8 Å². The van der Waals surface area contributed by atoms with Crippen LogP contribution in [0.2, 0.25) is 0 Å². The van der Waals surface area contributed by atoms with Crippen molar-refractivity contribution in [1.82, 2.24) is 4.90 Å². The Morgan fingerprint density at radius 2 is 2.09 bits per heavy atom. The molecule has 1 heterocycles. The normalized spacial score (nSPS) is 20.4. The lowest BCUT2D eigenvalue weighted by molar-refractivity contribution is -0.131. The molecule has 0 radical (unpaired) electrons. The van der Waals surface area contributed by atoms with Crippen LogP contribution in [0.5, 0.6) is 0 Å². The molecule has 0 aromatic heterocycles. The van der Waals surface area contributed by atoms with Gasteiger partial charge in [-0.1, -0.05) is 29.5 Å². The van der Waals surface area contributed by atoms with Gasteiger partial charge in [-0.15, -0.1) is 0 Å². The third-order valence-corrected chi connectivity index (χ3v) is 3.33. The van der Waals surface area contributed by atoms with Crippen LogP contribution in [-0.2, 0) is 4.79 Å². The number of piperidine rings is 1. The van der Waals surface area contributed by atoms with Crippen molar-refractivity contribution < 1.29 is 4.79 Å². The molecule has 0 saturated carbocycles. The zero-order valence-electron chi connectivity index (χ0n) is 6.85. The second-order valence-electron chi connectivity index (χ2n) is 2.91. The van der Waals surface area contributed by atoms with Gasteiger partial charge in [-0.2, -0.15) is 0 Å². The lowest BCUT2D eigenvalue weighted by atomic mass is 10.1. The molecule has 64 valence electrons. The molecule has 0 atom stereocenters. The van der Waals surface area contributed by atoms with Gasteiger partial charge in [-0.3, -0.25) is 4.79 Å². The largest absolute Gasteiger partial charge is 0.343 e. The van der Waals surface area contributed by atoms with Crippen LogP contribution in [0.3, 0.4) is 0 Å². The minimum atomic E-state index is 0.313. The van der Waals surface area contributed by atoms with Gasteiger partial charge in [0.1, 0.15) is 0 Å². The van der Waals surface area contributed by atoms with Crippen LogP contribution >= 0.6 is 22.6 Å². The summed E-state index contributed by atoms with van der Waals surface area (Å²) in [4.78, 5) is 13.2. The number of hydrogen-bond acceptors (Lipinski definition) is 1. The van der Waals surface area contributed by atoms with Crippen molar-refractivity contribution >= 4 is 28.5 Å². The van der Waals surface area contributed by atoms with Crippen LogP contribution < -0.4 is 0 Å². The summed E-state index contributed by atoms with van der Waals surface area (Å²) in [6, 6.07) is 0. The predicted molar refractivity (Wildman–Crippen MR) is 53.9 cm³/mol. The maximum atomic E-state index is 11.2. The maximum absolute atomic E-state index is 11.2. The molecule has 3 heteroatoms. The number of likely N-dealkylation sites (tertiary alicyclic amines) is 1. The Morgan fingerprint density at radius 3 is 2.55 bits per heavy atom. The minimum Gasteiger partial charge on any atom is -0.343 e. The molecule has 0 spiro atoms.